The highest BCUT2D eigenvalue weighted by molar-refractivity contribution is 8.76. The Hall–Kier alpha value is -9.76. The summed E-state index contributed by atoms with van der Waals surface area (Å²) in [6.07, 6.45) is 9.38. The number of rotatable bonds is 47. The van der Waals surface area contributed by atoms with Crippen LogP contribution in [0.1, 0.15) is 156 Å². The van der Waals surface area contributed by atoms with Crippen molar-refractivity contribution in [3.63, 3.8) is 0 Å². The maximum absolute atomic E-state index is 14.0. The molecule has 0 saturated carbocycles. The number of benzene rings is 2. The first-order valence-electron chi connectivity index (χ1n) is 36.0. The minimum Gasteiger partial charge on any atom is -0.744 e. The number of aliphatic carboxylic acids is 3. The molecule has 2 aliphatic heterocycles. The van der Waals surface area contributed by atoms with E-state index < -0.39 is 164 Å². The van der Waals surface area contributed by atoms with Gasteiger partial charge >= 0.3 is 24.0 Å². The van der Waals surface area contributed by atoms with Crippen molar-refractivity contribution in [1.29, 1.82) is 0 Å². The van der Waals surface area contributed by atoms with Crippen molar-refractivity contribution in [3.8, 4) is 0 Å². The molecule has 2 aromatic carbocycles. The number of carboxylic acids is 3. The number of hydrogen-bond donors (Lipinski definition) is 13. The second kappa shape index (κ2) is 43.2. The van der Waals surface area contributed by atoms with E-state index in [4.69, 9.17) is 10.5 Å². The number of primary amides is 1. The van der Waals surface area contributed by atoms with E-state index in [0.29, 0.717) is 49.2 Å². The molecule has 9 amide bonds. The third-order valence-electron chi connectivity index (χ3n) is 18.2. The molecule has 34 nitrogen and oxygen atoms in total. The lowest BCUT2D eigenvalue weighted by molar-refractivity contribution is -0.438. The molecular formula is C73H100N12O22S4. The number of aromatic nitrogens is 1. The van der Waals surface area contributed by atoms with E-state index in [2.05, 4.69) is 52.1 Å². The Labute approximate surface area is 652 Å². The van der Waals surface area contributed by atoms with Crippen LogP contribution in [0.25, 0.3) is 0 Å². The van der Waals surface area contributed by atoms with E-state index in [1.807, 2.05) is 82.0 Å². The Kier molecular flexibility index (Phi) is 35.7. The Bertz CT molecular complexity index is 4250. The van der Waals surface area contributed by atoms with Crippen molar-refractivity contribution in [2.45, 2.75) is 207 Å². The summed E-state index contributed by atoms with van der Waals surface area (Å²) in [5.74, 6) is -12.8. The van der Waals surface area contributed by atoms with E-state index in [0.717, 1.165) is 34.7 Å². The van der Waals surface area contributed by atoms with Crippen molar-refractivity contribution >= 4 is 130 Å². The third-order valence-corrected chi connectivity index (χ3v) is 22.1. The van der Waals surface area contributed by atoms with Gasteiger partial charge in [-0.15, -0.1) is 0 Å². The smallest absolute Gasteiger partial charge is 0.407 e. The number of carbonyl (C=O) groups excluding carboxylic acids is 9. The summed E-state index contributed by atoms with van der Waals surface area (Å²) in [6.45, 7) is 15.1. The lowest BCUT2D eigenvalue weighted by Gasteiger charge is -2.28. The van der Waals surface area contributed by atoms with Crippen LogP contribution < -0.4 is 53.2 Å². The molecule has 0 radical (unpaired) electrons. The SMILES string of the molecule is CCN1/C(=C/C=C/C=C/C2=[N+](CCCCCC(=O)NCCCC[C@H](NC(C)=O)C(=O)N[C@@H](CC(=O)O)C(=O)N[C@@H](CCC(=O)O)C(=O)N[C@H](C(=O)N[C@@H](CC(=O)O)C(=O)N[C@@H](CCCCNC(=O)OCCSSc3ccccn3)C(N)=O)C(C)C)c3ccc(S(=O)(=O)O)cc3C2(C)C)C(C)(C)c2cc(S(=O)(=O)[O-])ccc21. The van der Waals surface area contributed by atoms with Gasteiger partial charge in [-0.25, -0.2) is 18.2 Å². The number of alkyl carbamates (subject to hydrolysis) is 1. The number of unbranched alkanes of at least 4 members (excludes halogenated alkanes) is 4. The minimum atomic E-state index is -4.69. The largest absolute Gasteiger partial charge is 0.744 e. The molecule has 0 spiro atoms. The molecule has 2 aliphatic rings. The zero-order chi connectivity index (χ0) is 82.6. The molecule has 3 aromatic rings. The van der Waals surface area contributed by atoms with Crippen LogP contribution in [-0.4, -0.2) is 203 Å². The monoisotopic (exact) mass is 1620 g/mol. The number of anilines is 1. The van der Waals surface area contributed by atoms with Crippen LogP contribution in [-0.2, 0) is 88.5 Å². The topological polar surface area (TPSA) is 528 Å². The van der Waals surface area contributed by atoms with Crippen LogP contribution in [0.5, 0.6) is 0 Å². The Morgan fingerprint density at radius 1 is 0.649 bits per heavy atom. The number of carbonyl (C=O) groups is 12. The predicted octanol–water partition coefficient (Wildman–Crippen LogP) is 4.49. The van der Waals surface area contributed by atoms with E-state index in [-0.39, 0.29) is 80.3 Å². The van der Waals surface area contributed by atoms with Gasteiger partial charge in [0, 0.05) is 92.3 Å². The van der Waals surface area contributed by atoms with E-state index in [1.165, 1.54) is 59.7 Å². The van der Waals surface area contributed by atoms with Gasteiger partial charge in [0.05, 0.1) is 28.0 Å². The summed E-state index contributed by atoms with van der Waals surface area (Å²) in [5, 5.41) is 49.3. The van der Waals surface area contributed by atoms with Crippen LogP contribution in [0.15, 0.2) is 112 Å². The molecule has 608 valence electrons. The molecule has 0 bridgehead atoms. The fourth-order valence-electron chi connectivity index (χ4n) is 12.4. The highest BCUT2D eigenvalue weighted by Crippen LogP contribution is 2.48. The number of carboxylic acid groups (broad SMARTS) is 3. The van der Waals surface area contributed by atoms with Crippen molar-refractivity contribution in [3.05, 3.63) is 108 Å². The molecule has 0 saturated heterocycles. The van der Waals surface area contributed by atoms with E-state index in [1.54, 1.807) is 24.4 Å². The normalized spacial score (nSPS) is 15.6. The van der Waals surface area contributed by atoms with Gasteiger partial charge in [0.1, 0.15) is 64.5 Å². The minimum absolute atomic E-state index is 0.0753. The van der Waals surface area contributed by atoms with Crippen LogP contribution in [0.3, 0.4) is 0 Å². The Balaban J connectivity index is 1.13. The van der Waals surface area contributed by atoms with Crippen molar-refractivity contribution < 1.29 is 108 Å². The molecule has 6 atom stereocenters. The van der Waals surface area contributed by atoms with Gasteiger partial charge < -0.3 is 77.8 Å². The van der Waals surface area contributed by atoms with Crippen LogP contribution in [0.2, 0.25) is 0 Å². The number of fused-ring (bicyclic) bond motifs is 2. The van der Waals surface area contributed by atoms with Gasteiger partial charge in [-0.2, -0.15) is 13.0 Å². The predicted molar refractivity (Wildman–Crippen MR) is 410 cm³/mol. The van der Waals surface area contributed by atoms with Gasteiger partial charge in [-0.05, 0) is 149 Å². The van der Waals surface area contributed by atoms with Crippen LogP contribution >= 0.6 is 21.6 Å². The molecule has 111 heavy (non-hydrogen) atoms. The zero-order valence-electron chi connectivity index (χ0n) is 63.0. The second-order valence-corrected chi connectivity index (χ2v) is 32.9. The Morgan fingerprint density at radius 2 is 1.23 bits per heavy atom. The van der Waals surface area contributed by atoms with Crippen molar-refractivity contribution in [2.75, 3.05) is 43.4 Å². The first-order valence-corrected chi connectivity index (χ1v) is 41.2. The molecule has 3 heterocycles. The zero-order valence-corrected chi connectivity index (χ0v) is 66.3. The summed E-state index contributed by atoms with van der Waals surface area (Å²) in [5.41, 5.74) is 8.72. The van der Waals surface area contributed by atoms with Crippen molar-refractivity contribution in [1.82, 2.24) is 47.5 Å². The number of nitrogens with one attached hydrogen (secondary N) is 8. The van der Waals surface area contributed by atoms with E-state index in [9.17, 15) is 98.8 Å². The van der Waals surface area contributed by atoms with Crippen LogP contribution in [0, 0.1) is 5.92 Å². The van der Waals surface area contributed by atoms with Gasteiger partial charge in [0.25, 0.3) is 10.1 Å². The van der Waals surface area contributed by atoms with E-state index >= 15 is 0 Å². The molecular weight excluding hydrogens is 1530 g/mol. The summed E-state index contributed by atoms with van der Waals surface area (Å²) in [6, 6.07) is 4.20. The first kappa shape index (κ1) is 91.8. The summed E-state index contributed by atoms with van der Waals surface area (Å²) in [4.78, 5) is 161. The number of likely N-dealkylation sites (N-methyl/N-ethyl adjacent to an activating group) is 1. The fraction of sp³-hybridized carbons (Fsp3) is 0.507. The summed E-state index contributed by atoms with van der Waals surface area (Å²) < 4.78 is 77.5. The Morgan fingerprint density at radius 3 is 1.82 bits per heavy atom. The molecule has 0 unspecified atom stereocenters. The van der Waals surface area contributed by atoms with Gasteiger partial charge in [0.15, 0.2) is 5.71 Å². The number of hydrogen-bond acceptors (Lipinski definition) is 22. The highest BCUT2D eigenvalue weighted by Gasteiger charge is 2.45. The maximum atomic E-state index is 14.0. The standard InChI is InChI=1S/C73H100N12O22S4/c1-9-84-55-31-28-46(110(101,102)103)40-48(55)72(5,6)57(84)24-12-10-13-25-58-73(7,8)49-41-47(111(104,105)106)29-32-56(49)85(58)37-21-11-14-26-59(87)75-34-18-16-23-51(78-45(4)86)66(95)81-53(42-62(90)91)69(98)80-52(30-33-61(88)89)67(96)83-64(44(2)3)70(99)82-54(43-63(92)93)68(97)79-50(65(74)94)22-15-19-36-77-71(100)107-38-39-108-109-60-27-17-20-35-76-60/h10,12-13,17,20,24-25,27-29,31-32,35,40-41,44,50-54,64H,9,11,14-16,18-19,21-23,26,30,33-34,36-39,42-43H2,1-8H3,(H14-,74,75,77,78,79,80,81,82,83,86,87,88,89,90,91,92,93,94,95,96,97,98,99,100,101,102,103,104,105,106)/t50-,51-,52-,53-,54-,64-/m0/s1. The number of nitrogens with two attached hydrogens (primary N) is 1. The maximum Gasteiger partial charge on any atom is 0.407 e. The number of nitrogens with zero attached hydrogens (tertiary/aromatic N) is 3. The molecule has 5 rings (SSSR count). The molecule has 1 aromatic heterocycles. The molecule has 0 fully saturated rings. The molecule has 0 aliphatic carbocycles. The lowest BCUT2D eigenvalue weighted by Crippen LogP contribution is -2.60. The third kappa shape index (κ3) is 28.8. The fourth-order valence-corrected chi connectivity index (χ4v) is 15.1. The number of pyridine rings is 1. The van der Waals surface area contributed by atoms with Gasteiger partial charge in [0.2, 0.25) is 52.9 Å². The van der Waals surface area contributed by atoms with Gasteiger partial charge in [-0.1, -0.05) is 62.8 Å². The molecule has 38 heteroatoms. The van der Waals surface area contributed by atoms with Gasteiger partial charge in [-0.3, -0.25) is 57.3 Å². The average Bonchev–Trinajstić information content (AvgIpc) is 1.59. The first-order chi connectivity index (χ1) is 52.2. The van der Waals surface area contributed by atoms with Crippen molar-refractivity contribution in [2.24, 2.45) is 11.7 Å². The second-order valence-electron chi connectivity index (χ2n) is 27.7. The average molecular weight is 1630 g/mol. The van der Waals surface area contributed by atoms with Crippen LogP contribution in [0.4, 0.5) is 16.2 Å². The number of allylic oxidation sites excluding steroid dienone is 6. The number of amides is 9. The highest BCUT2D eigenvalue weighted by atomic mass is 33.1. The quantitative estimate of drug-likeness (QED) is 0.0122. The lowest BCUT2D eigenvalue weighted by atomic mass is 9.81. The summed E-state index contributed by atoms with van der Waals surface area (Å²) in [7, 11) is -6.38. The summed E-state index contributed by atoms with van der Waals surface area (Å²) >= 11 is 0. The molecule has 14 N–H and O–H groups in total. The number of ether oxygens (including phenoxy) is 1.